The molecule has 2 aliphatic rings. The van der Waals surface area contributed by atoms with E-state index >= 15 is 0 Å². The Morgan fingerprint density at radius 2 is 1.65 bits per heavy atom. The van der Waals surface area contributed by atoms with Crippen molar-refractivity contribution in [2.24, 2.45) is 0 Å². The van der Waals surface area contributed by atoms with Crippen molar-refractivity contribution >= 4 is 46.9 Å². The quantitative estimate of drug-likeness (QED) is 0.575. The summed E-state index contributed by atoms with van der Waals surface area (Å²) in [6.07, 6.45) is 4.98. The predicted molar refractivity (Wildman–Crippen MR) is 120 cm³/mol. The second kappa shape index (κ2) is 8.81. The van der Waals surface area contributed by atoms with Gasteiger partial charge < -0.3 is 9.64 Å². The average molecular weight is 440 g/mol. The van der Waals surface area contributed by atoms with Gasteiger partial charge in [-0.3, -0.25) is 14.9 Å². The Bertz CT molecular complexity index is 1060. The van der Waals surface area contributed by atoms with Crippen molar-refractivity contribution in [3.63, 3.8) is 0 Å². The highest BCUT2D eigenvalue weighted by Crippen LogP contribution is 2.30. The van der Waals surface area contributed by atoms with E-state index in [1.165, 1.54) is 12.5 Å². The number of nitrogens with one attached hydrogen (secondary N) is 1. The molecule has 2 saturated heterocycles. The molecule has 2 heterocycles. The van der Waals surface area contributed by atoms with Crippen LogP contribution < -0.4 is 19.9 Å². The molecule has 0 bridgehead atoms. The molecule has 2 fully saturated rings. The Labute approximate surface area is 185 Å². The van der Waals surface area contributed by atoms with Gasteiger partial charge in [0.05, 0.1) is 12.8 Å². The number of ether oxygens (including phenoxy) is 1. The summed E-state index contributed by atoms with van der Waals surface area (Å²) in [4.78, 5) is 41.0. The van der Waals surface area contributed by atoms with Gasteiger partial charge in [0.25, 0.3) is 11.8 Å². The molecule has 1 N–H and O–H groups in total. The van der Waals surface area contributed by atoms with Gasteiger partial charge in [-0.25, -0.2) is 9.69 Å². The zero-order chi connectivity index (χ0) is 22.0. The number of amides is 4. The van der Waals surface area contributed by atoms with Crippen molar-refractivity contribution in [2.45, 2.75) is 19.3 Å². The van der Waals surface area contributed by atoms with Gasteiger partial charge in [0.1, 0.15) is 11.3 Å². The topological polar surface area (TPSA) is 79.0 Å². The summed E-state index contributed by atoms with van der Waals surface area (Å²) in [5.41, 5.74) is 1.78. The second-order valence-corrected chi connectivity index (χ2v) is 7.84. The molecule has 2 aromatic carbocycles. The van der Waals surface area contributed by atoms with E-state index in [9.17, 15) is 14.4 Å². The molecule has 0 unspecified atom stereocenters. The molecule has 160 valence electrons. The molecule has 0 saturated carbocycles. The van der Waals surface area contributed by atoms with Crippen molar-refractivity contribution in [3.8, 4) is 5.75 Å². The van der Waals surface area contributed by atoms with E-state index in [1.807, 2.05) is 18.2 Å². The van der Waals surface area contributed by atoms with Crippen LogP contribution in [0.15, 0.2) is 48.0 Å². The number of methoxy groups -OCH3 is 1. The minimum Gasteiger partial charge on any atom is -0.496 e. The molecule has 31 heavy (non-hydrogen) atoms. The van der Waals surface area contributed by atoms with E-state index in [0.29, 0.717) is 22.0 Å². The fraction of sp³-hybridized carbons (Fsp3) is 0.261. The smallest absolute Gasteiger partial charge is 0.335 e. The third-order valence-electron chi connectivity index (χ3n) is 5.42. The van der Waals surface area contributed by atoms with Crippen LogP contribution in [0.1, 0.15) is 24.8 Å². The summed E-state index contributed by atoms with van der Waals surface area (Å²) < 4.78 is 5.53. The van der Waals surface area contributed by atoms with Crippen LogP contribution in [-0.4, -0.2) is 38.0 Å². The maximum absolute atomic E-state index is 13.0. The monoisotopic (exact) mass is 439 g/mol. The lowest BCUT2D eigenvalue weighted by Crippen LogP contribution is -2.54. The summed E-state index contributed by atoms with van der Waals surface area (Å²) in [6, 6.07) is 11.1. The summed E-state index contributed by atoms with van der Waals surface area (Å²) in [5.74, 6) is -0.910. The number of hydrogen-bond acceptors (Lipinski definition) is 5. The molecular formula is C23H22ClN3O4. The van der Waals surface area contributed by atoms with Crippen LogP contribution in [0.25, 0.3) is 6.08 Å². The summed E-state index contributed by atoms with van der Waals surface area (Å²) in [5, 5.41) is 2.69. The van der Waals surface area contributed by atoms with Crippen LogP contribution >= 0.6 is 11.6 Å². The lowest BCUT2D eigenvalue weighted by Gasteiger charge is -2.29. The average Bonchev–Trinajstić information content (AvgIpc) is 2.78. The molecule has 0 aromatic heterocycles. The number of anilines is 2. The number of nitrogens with zero attached hydrogens (tertiary/aromatic N) is 2. The van der Waals surface area contributed by atoms with E-state index < -0.39 is 17.8 Å². The molecule has 0 aliphatic carbocycles. The second-order valence-electron chi connectivity index (χ2n) is 7.41. The first-order chi connectivity index (χ1) is 15.0. The van der Waals surface area contributed by atoms with Crippen molar-refractivity contribution < 1.29 is 19.1 Å². The normalized spacial score (nSPS) is 18.4. The number of urea groups is 1. The molecule has 8 heteroatoms. The van der Waals surface area contributed by atoms with Gasteiger partial charge in [-0.2, -0.15) is 0 Å². The number of benzene rings is 2. The molecule has 2 aromatic rings. The van der Waals surface area contributed by atoms with Crippen LogP contribution in [0.3, 0.4) is 0 Å². The number of barbiturate groups is 1. The fourth-order valence-corrected chi connectivity index (χ4v) is 3.93. The van der Waals surface area contributed by atoms with Gasteiger partial charge in [0.15, 0.2) is 0 Å². The third-order valence-corrected chi connectivity index (χ3v) is 5.68. The molecule has 4 rings (SSSR count). The molecular weight excluding hydrogens is 418 g/mol. The Morgan fingerprint density at radius 3 is 2.32 bits per heavy atom. The van der Waals surface area contributed by atoms with Gasteiger partial charge in [0, 0.05) is 35.4 Å². The van der Waals surface area contributed by atoms with E-state index in [0.717, 1.165) is 36.5 Å². The van der Waals surface area contributed by atoms with Gasteiger partial charge in [-0.1, -0.05) is 11.6 Å². The highest BCUT2D eigenvalue weighted by Gasteiger charge is 2.37. The van der Waals surface area contributed by atoms with E-state index in [-0.39, 0.29) is 5.57 Å². The lowest BCUT2D eigenvalue weighted by atomic mass is 10.0. The number of rotatable bonds is 4. The fourth-order valence-electron chi connectivity index (χ4n) is 3.81. The zero-order valence-electron chi connectivity index (χ0n) is 17.1. The third kappa shape index (κ3) is 4.27. The SMILES string of the molecule is COc1cc(N2CCCCC2)ccc1/C=C1\C(=O)NC(=O)N(c2ccc(Cl)cc2)C1=O. The Balaban J connectivity index is 1.67. The summed E-state index contributed by atoms with van der Waals surface area (Å²) in [7, 11) is 1.55. The van der Waals surface area contributed by atoms with Crippen LogP contribution in [0, 0.1) is 0 Å². The van der Waals surface area contributed by atoms with Gasteiger partial charge in [-0.05, 0) is 61.7 Å². The van der Waals surface area contributed by atoms with Crippen molar-refractivity contribution in [2.75, 3.05) is 30.0 Å². The van der Waals surface area contributed by atoms with Crippen molar-refractivity contribution in [1.29, 1.82) is 0 Å². The molecule has 0 atom stereocenters. The number of halogens is 1. The predicted octanol–water partition coefficient (Wildman–Crippen LogP) is 4.01. The molecule has 4 amide bonds. The number of carbonyl (C=O) groups excluding carboxylic acids is 3. The van der Waals surface area contributed by atoms with Crippen LogP contribution in [-0.2, 0) is 9.59 Å². The number of carbonyl (C=O) groups is 3. The van der Waals surface area contributed by atoms with Crippen LogP contribution in [0.2, 0.25) is 5.02 Å². The molecule has 7 nitrogen and oxygen atoms in total. The zero-order valence-corrected chi connectivity index (χ0v) is 17.8. The van der Waals surface area contributed by atoms with E-state index in [4.69, 9.17) is 16.3 Å². The van der Waals surface area contributed by atoms with Crippen molar-refractivity contribution in [1.82, 2.24) is 5.32 Å². The minimum absolute atomic E-state index is 0.154. The lowest BCUT2D eigenvalue weighted by molar-refractivity contribution is -0.122. The summed E-state index contributed by atoms with van der Waals surface area (Å²) >= 11 is 5.90. The summed E-state index contributed by atoms with van der Waals surface area (Å²) in [6.45, 7) is 1.98. The van der Waals surface area contributed by atoms with E-state index in [2.05, 4.69) is 10.2 Å². The van der Waals surface area contributed by atoms with Crippen molar-refractivity contribution in [3.05, 3.63) is 58.6 Å². The largest absolute Gasteiger partial charge is 0.496 e. The van der Waals surface area contributed by atoms with Gasteiger partial charge >= 0.3 is 6.03 Å². The molecule has 0 spiro atoms. The van der Waals surface area contributed by atoms with Gasteiger partial charge in [-0.15, -0.1) is 0 Å². The maximum Gasteiger partial charge on any atom is 0.335 e. The maximum atomic E-state index is 13.0. The van der Waals surface area contributed by atoms with Crippen LogP contribution in [0.5, 0.6) is 5.75 Å². The van der Waals surface area contributed by atoms with Gasteiger partial charge in [0.2, 0.25) is 0 Å². The first-order valence-electron chi connectivity index (χ1n) is 10.1. The Kier molecular flexibility index (Phi) is 5.95. The number of piperidine rings is 1. The minimum atomic E-state index is -0.804. The van der Waals surface area contributed by atoms with Crippen LogP contribution in [0.4, 0.5) is 16.2 Å². The van der Waals surface area contributed by atoms with E-state index in [1.54, 1.807) is 31.4 Å². The molecule has 0 radical (unpaired) electrons. The Hall–Kier alpha value is -3.32. The standard InChI is InChI=1S/C23H22ClN3O4/c1-31-20-14-18(26-11-3-2-4-12-26)8-5-15(20)13-19-21(28)25-23(30)27(22(19)29)17-9-6-16(24)7-10-17/h5-10,13-14H,2-4,11-12H2,1H3,(H,25,28,30)/b19-13+. The number of hydrogen-bond donors (Lipinski definition) is 1. The first kappa shape index (κ1) is 20.9. The molecule has 2 aliphatic heterocycles. The number of imide groups is 2. The highest BCUT2D eigenvalue weighted by molar-refractivity contribution is 6.39. The highest BCUT2D eigenvalue weighted by atomic mass is 35.5. The first-order valence-corrected chi connectivity index (χ1v) is 10.5. The Morgan fingerprint density at radius 1 is 0.968 bits per heavy atom.